The summed E-state index contributed by atoms with van der Waals surface area (Å²) in [5.74, 6) is 0.0312. The van der Waals surface area contributed by atoms with Crippen molar-refractivity contribution in [2.24, 2.45) is 0 Å². The molecule has 0 unspecified atom stereocenters. The van der Waals surface area contributed by atoms with Crippen LogP contribution in [0.25, 0.3) is 11.0 Å². The molecule has 0 atom stereocenters. The molecule has 0 radical (unpaired) electrons. The molecular weight excluding hydrogens is 240 g/mol. The van der Waals surface area contributed by atoms with Gasteiger partial charge in [-0.15, -0.1) is 0 Å². The number of aromatic hydroxyl groups is 1. The van der Waals surface area contributed by atoms with Crippen LogP contribution in [0.4, 0.5) is 0 Å². The number of methoxy groups -OCH3 is 1. The zero-order valence-corrected chi connectivity index (χ0v) is 9.58. The van der Waals surface area contributed by atoms with E-state index in [2.05, 4.69) is 0 Å². The Morgan fingerprint density at radius 1 is 1.39 bits per heavy atom. The molecule has 0 saturated carbocycles. The highest BCUT2D eigenvalue weighted by Gasteiger charge is 2.17. The molecule has 0 aliphatic rings. The number of rotatable bonds is 3. The average molecular weight is 252 g/mol. The highest BCUT2D eigenvalue weighted by atomic mass is 16.5. The van der Waals surface area contributed by atoms with Gasteiger partial charge in [-0.2, -0.15) is 0 Å². The average Bonchev–Trinajstić information content (AvgIpc) is 2.29. The number of phenols is 1. The van der Waals surface area contributed by atoms with Crippen molar-refractivity contribution in [1.82, 2.24) is 0 Å². The van der Waals surface area contributed by atoms with Crippen molar-refractivity contribution >= 4 is 11.0 Å². The molecule has 0 saturated heterocycles. The van der Waals surface area contributed by atoms with Gasteiger partial charge in [0.05, 0.1) is 12.5 Å². The van der Waals surface area contributed by atoms with Crippen molar-refractivity contribution in [1.29, 1.82) is 0 Å². The molecule has 0 aliphatic carbocycles. The number of aliphatic hydroxyl groups is 2. The Morgan fingerprint density at radius 2 is 2.11 bits per heavy atom. The highest BCUT2D eigenvalue weighted by molar-refractivity contribution is 5.87. The lowest BCUT2D eigenvalue weighted by molar-refractivity contribution is -0.0388. The van der Waals surface area contributed by atoms with Crippen molar-refractivity contribution in [3.63, 3.8) is 0 Å². The summed E-state index contributed by atoms with van der Waals surface area (Å²) in [5.41, 5.74) is -0.124. The van der Waals surface area contributed by atoms with Crippen LogP contribution in [-0.4, -0.2) is 28.7 Å². The lowest BCUT2D eigenvalue weighted by Gasteiger charge is -2.13. The van der Waals surface area contributed by atoms with E-state index in [0.29, 0.717) is 5.39 Å². The van der Waals surface area contributed by atoms with E-state index in [1.807, 2.05) is 0 Å². The van der Waals surface area contributed by atoms with Gasteiger partial charge in [0.2, 0.25) is 0 Å². The molecule has 6 nitrogen and oxygen atoms in total. The summed E-state index contributed by atoms with van der Waals surface area (Å²) < 4.78 is 10.1. The molecular formula is C12H12O6. The van der Waals surface area contributed by atoms with Crippen LogP contribution < -0.4 is 10.4 Å². The molecule has 0 spiro atoms. The van der Waals surface area contributed by atoms with Gasteiger partial charge in [-0.3, -0.25) is 0 Å². The molecule has 2 rings (SSSR count). The third-order valence-corrected chi connectivity index (χ3v) is 2.55. The smallest absolute Gasteiger partial charge is 0.336 e. The van der Waals surface area contributed by atoms with Gasteiger partial charge in [0.15, 0.2) is 6.29 Å². The minimum Gasteiger partial charge on any atom is -0.507 e. The fraction of sp³-hybridized carbons (Fsp3) is 0.250. The predicted molar refractivity (Wildman–Crippen MR) is 62.6 cm³/mol. The largest absolute Gasteiger partial charge is 0.507 e. The summed E-state index contributed by atoms with van der Waals surface area (Å²) in [5, 5.41) is 28.2. The van der Waals surface area contributed by atoms with Crippen LogP contribution in [0.5, 0.6) is 11.5 Å². The second-order valence-corrected chi connectivity index (χ2v) is 3.76. The van der Waals surface area contributed by atoms with Crippen LogP contribution in [0.2, 0.25) is 0 Å². The van der Waals surface area contributed by atoms with Crippen LogP contribution in [0.3, 0.4) is 0 Å². The normalized spacial score (nSPS) is 11.1. The fourth-order valence-corrected chi connectivity index (χ4v) is 1.83. The zero-order chi connectivity index (χ0) is 13.3. The maximum atomic E-state index is 11.1. The highest BCUT2D eigenvalue weighted by Crippen LogP contribution is 2.36. The quantitative estimate of drug-likeness (QED) is 0.538. The van der Waals surface area contributed by atoms with Gasteiger partial charge in [0, 0.05) is 24.1 Å². The molecule has 96 valence electrons. The van der Waals surface area contributed by atoms with E-state index in [1.165, 1.54) is 25.3 Å². The number of hydrogen-bond acceptors (Lipinski definition) is 6. The summed E-state index contributed by atoms with van der Waals surface area (Å²) in [7, 11) is 1.38. The molecule has 0 amide bonds. The van der Waals surface area contributed by atoms with Crippen molar-refractivity contribution < 1.29 is 24.5 Å². The van der Waals surface area contributed by atoms with E-state index in [-0.39, 0.29) is 29.1 Å². The van der Waals surface area contributed by atoms with E-state index in [1.54, 1.807) is 0 Å². The molecule has 1 aromatic carbocycles. The molecule has 3 N–H and O–H groups in total. The van der Waals surface area contributed by atoms with Gasteiger partial charge in [-0.05, 0) is 6.07 Å². The standard InChI is InChI=1S/C12H12O6/c1-17-12-6-2-3-11(16)18-9(6)5-8(13)7(12)4-10(14)15/h2-3,5,10,13-15H,4H2,1H3. The zero-order valence-electron chi connectivity index (χ0n) is 9.58. The first-order chi connectivity index (χ1) is 8.52. The minimum atomic E-state index is -1.61. The molecule has 6 heteroatoms. The van der Waals surface area contributed by atoms with Crippen LogP contribution in [0.1, 0.15) is 5.56 Å². The lowest BCUT2D eigenvalue weighted by atomic mass is 10.1. The summed E-state index contributed by atoms with van der Waals surface area (Å²) >= 11 is 0. The molecule has 0 bridgehead atoms. The predicted octanol–water partition coefficient (Wildman–Crippen LogP) is 0.360. The van der Waals surface area contributed by atoms with E-state index < -0.39 is 11.9 Å². The second kappa shape index (κ2) is 4.67. The summed E-state index contributed by atoms with van der Waals surface area (Å²) in [6, 6.07) is 3.96. The van der Waals surface area contributed by atoms with E-state index >= 15 is 0 Å². The first kappa shape index (κ1) is 12.4. The first-order valence-corrected chi connectivity index (χ1v) is 5.21. The number of benzene rings is 1. The minimum absolute atomic E-state index is 0.174. The molecule has 18 heavy (non-hydrogen) atoms. The van der Waals surface area contributed by atoms with Gasteiger partial charge >= 0.3 is 5.63 Å². The number of fused-ring (bicyclic) bond motifs is 1. The fourth-order valence-electron chi connectivity index (χ4n) is 1.83. The monoisotopic (exact) mass is 252 g/mol. The number of ether oxygens (including phenoxy) is 1. The van der Waals surface area contributed by atoms with Crippen molar-refractivity contribution in [3.05, 3.63) is 34.2 Å². The lowest BCUT2D eigenvalue weighted by Crippen LogP contribution is -2.10. The van der Waals surface area contributed by atoms with Crippen LogP contribution in [-0.2, 0) is 6.42 Å². The Hall–Kier alpha value is -2.05. The molecule has 0 fully saturated rings. The number of aliphatic hydroxyl groups excluding tert-OH is 1. The van der Waals surface area contributed by atoms with Gasteiger partial charge in [0.25, 0.3) is 0 Å². The third-order valence-electron chi connectivity index (χ3n) is 2.55. The molecule has 1 aromatic heterocycles. The van der Waals surface area contributed by atoms with Crippen LogP contribution in [0, 0.1) is 0 Å². The summed E-state index contributed by atoms with van der Waals surface area (Å²) in [6.45, 7) is 0. The van der Waals surface area contributed by atoms with Gasteiger partial charge in [0.1, 0.15) is 17.1 Å². The van der Waals surface area contributed by atoms with Gasteiger partial charge in [-0.25, -0.2) is 4.79 Å². The Bertz CT molecular complexity index is 628. The Labute approximate surface area is 102 Å². The molecule has 0 aliphatic heterocycles. The SMILES string of the molecule is COc1c(CC(O)O)c(O)cc2oc(=O)ccc12. The Morgan fingerprint density at radius 3 is 2.72 bits per heavy atom. The first-order valence-electron chi connectivity index (χ1n) is 5.21. The van der Waals surface area contributed by atoms with Crippen molar-refractivity contribution in [2.75, 3.05) is 7.11 Å². The number of phenolic OH excluding ortho intramolecular Hbond substituents is 1. The number of hydrogen-bond donors (Lipinski definition) is 3. The van der Waals surface area contributed by atoms with Crippen molar-refractivity contribution in [2.45, 2.75) is 12.7 Å². The molecule has 2 aromatic rings. The maximum Gasteiger partial charge on any atom is 0.336 e. The summed E-state index contributed by atoms with van der Waals surface area (Å²) in [4.78, 5) is 11.1. The Kier molecular flexibility index (Phi) is 3.22. The van der Waals surface area contributed by atoms with Gasteiger partial charge < -0.3 is 24.5 Å². The van der Waals surface area contributed by atoms with E-state index in [0.717, 1.165) is 0 Å². The maximum absolute atomic E-state index is 11.1. The van der Waals surface area contributed by atoms with Crippen LogP contribution in [0.15, 0.2) is 27.4 Å². The van der Waals surface area contributed by atoms with E-state index in [9.17, 15) is 9.90 Å². The van der Waals surface area contributed by atoms with Crippen LogP contribution >= 0.6 is 0 Å². The summed E-state index contributed by atoms with van der Waals surface area (Å²) in [6.07, 6.45) is -1.80. The molecule has 1 heterocycles. The second-order valence-electron chi connectivity index (χ2n) is 3.76. The third kappa shape index (κ3) is 2.15. The Balaban J connectivity index is 2.75. The van der Waals surface area contributed by atoms with Crippen molar-refractivity contribution in [3.8, 4) is 11.5 Å². The topological polar surface area (TPSA) is 100 Å². The van der Waals surface area contributed by atoms with E-state index in [4.69, 9.17) is 19.4 Å². The van der Waals surface area contributed by atoms with Gasteiger partial charge in [-0.1, -0.05) is 0 Å².